The fraction of sp³-hybridized carbons (Fsp3) is 0.238. The van der Waals surface area contributed by atoms with Crippen molar-refractivity contribution in [2.24, 2.45) is 0 Å². The highest BCUT2D eigenvalue weighted by molar-refractivity contribution is 5.98. The van der Waals surface area contributed by atoms with Gasteiger partial charge in [0.1, 0.15) is 5.58 Å². The second kappa shape index (κ2) is 7.04. The molecule has 0 atom stereocenters. The van der Waals surface area contributed by atoms with Gasteiger partial charge in [-0.1, -0.05) is 18.2 Å². The van der Waals surface area contributed by atoms with E-state index in [-0.39, 0.29) is 12.3 Å². The van der Waals surface area contributed by atoms with Crippen molar-refractivity contribution in [2.45, 2.75) is 27.2 Å². The van der Waals surface area contributed by atoms with Gasteiger partial charge in [0.05, 0.1) is 25.4 Å². The third-order valence-corrected chi connectivity index (χ3v) is 4.63. The van der Waals surface area contributed by atoms with E-state index in [0.717, 1.165) is 33.2 Å². The molecule has 1 N–H and O–H groups in total. The number of anilines is 1. The highest BCUT2D eigenvalue weighted by Crippen LogP contribution is 2.27. The quantitative estimate of drug-likeness (QED) is 0.711. The molecule has 0 saturated carbocycles. The summed E-state index contributed by atoms with van der Waals surface area (Å²) in [5.74, 6) is -0.608. The summed E-state index contributed by atoms with van der Waals surface area (Å²) in [6, 6.07) is 9.08. The van der Waals surface area contributed by atoms with Crippen molar-refractivity contribution < 1.29 is 18.7 Å². The minimum absolute atomic E-state index is 0.170. The lowest BCUT2D eigenvalue weighted by Gasteiger charge is -2.10. The van der Waals surface area contributed by atoms with E-state index in [9.17, 15) is 9.59 Å². The van der Waals surface area contributed by atoms with Gasteiger partial charge in [-0.3, -0.25) is 4.79 Å². The Labute approximate surface area is 152 Å². The molecule has 1 aromatic heterocycles. The van der Waals surface area contributed by atoms with Crippen LogP contribution < -0.4 is 5.32 Å². The average molecular weight is 351 g/mol. The van der Waals surface area contributed by atoms with Crippen LogP contribution in [-0.4, -0.2) is 19.0 Å². The number of benzene rings is 2. The SMILES string of the molecule is COC(=O)c1ccc(C)c(NC(=O)Cc2coc3c(C)c(C)ccc23)c1. The Hall–Kier alpha value is -3.08. The molecule has 134 valence electrons. The van der Waals surface area contributed by atoms with Crippen molar-refractivity contribution >= 4 is 28.5 Å². The van der Waals surface area contributed by atoms with Gasteiger partial charge in [-0.05, 0) is 49.6 Å². The Bertz CT molecular complexity index is 1000. The van der Waals surface area contributed by atoms with Crippen molar-refractivity contribution in [3.63, 3.8) is 0 Å². The maximum Gasteiger partial charge on any atom is 0.337 e. The van der Waals surface area contributed by atoms with Gasteiger partial charge in [0, 0.05) is 16.6 Å². The molecule has 1 amide bonds. The molecule has 0 aliphatic rings. The summed E-state index contributed by atoms with van der Waals surface area (Å²) in [4.78, 5) is 24.2. The normalized spacial score (nSPS) is 10.8. The standard InChI is InChI=1S/C21H21NO4/c1-12-6-8-17-16(11-26-20(17)14(12)3)10-19(23)22-18-9-15(21(24)25-4)7-5-13(18)2/h5-9,11H,10H2,1-4H3,(H,22,23). The minimum Gasteiger partial charge on any atom is -0.465 e. The Balaban J connectivity index is 1.82. The molecule has 2 aromatic carbocycles. The molecule has 26 heavy (non-hydrogen) atoms. The number of hydrogen-bond acceptors (Lipinski definition) is 4. The van der Waals surface area contributed by atoms with E-state index in [2.05, 4.69) is 5.32 Å². The van der Waals surface area contributed by atoms with Crippen molar-refractivity contribution in [2.75, 3.05) is 12.4 Å². The number of carbonyl (C=O) groups excluding carboxylic acids is 2. The van der Waals surface area contributed by atoms with Crippen molar-refractivity contribution in [1.29, 1.82) is 0 Å². The molecule has 5 nitrogen and oxygen atoms in total. The number of hydrogen-bond donors (Lipinski definition) is 1. The molecule has 5 heteroatoms. The molecular weight excluding hydrogens is 330 g/mol. The van der Waals surface area contributed by atoms with Crippen LogP contribution in [0.1, 0.15) is 32.6 Å². The molecule has 0 saturated heterocycles. The first-order chi connectivity index (χ1) is 12.4. The van der Waals surface area contributed by atoms with Crippen LogP contribution in [-0.2, 0) is 16.0 Å². The predicted octanol–water partition coefficient (Wildman–Crippen LogP) is 4.33. The Morgan fingerprint density at radius 1 is 1.08 bits per heavy atom. The fourth-order valence-electron chi connectivity index (χ4n) is 2.89. The number of fused-ring (bicyclic) bond motifs is 1. The average Bonchev–Trinajstić information content (AvgIpc) is 3.02. The molecule has 0 aliphatic heterocycles. The van der Waals surface area contributed by atoms with Crippen molar-refractivity contribution in [1.82, 2.24) is 0 Å². The largest absolute Gasteiger partial charge is 0.465 e. The lowest BCUT2D eigenvalue weighted by Crippen LogP contribution is -2.15. The van der Waals surface area contributed by atoms with Gasteiger partial charge >= 0.3 is 5.97 Å². The molecule has 0 radical (unpaired) electrons. The number of amides is 1. The van der Waals surface area contributed by atoms with Crippen LogP contribution in [0.25, 0.3) is 11.0 Å². The zero-order valence-electron chi connectivity index (χ0n) is 15.3. The molecule has 0 bridgehead atoms. The van der Waals surface area contributed by atoms with Crippen molar-refractivity contribution in [3.05, 3.63) is 64.4 Å². The zero-order valence-corrected chi connectivity index (χ0v) is 15.3. The number of carbonyl (C=O) groups is 2. The summed E-state index contributed by atoms with van der Waals surface area (Å²) in [7, 11) is 1.33. The molecule has 3 aromatic rings. The van der Waals surface area contributed by atoms with E-state index < -0.39 is 5.97 Å². The van der Waals surface area contributed by atoms with Gasteiger partial charge in [0.25, 0.3) is 0 Å². The number of aryl methyl sites for hydroxylation is 3. The smallest absolute Gasteiger partial charge is 0.337 e. The summed E-state index contributed by atoms with van der Waals surface area (Å²) in [5.41, 5.74) is 5.74. The Kier molecular flexibility index (Phi) is 4.80. The number of esters is 1. The van der Waals surface area contributed by atoms with Crippen LogP contribution in [0.5, 0.6) is 0 Å². The van der Waals surface area contributed by atoms with Crippen LogP contribution in [0.4, 0.5) is 5.69 Å². The van der Waals surface area contributed by atoms with E-state index in [1.165, 1.54) is 7.11 Å². The summed E-state index contributed by atoms with van der Waals surface area (Å²) in [6.07, 6.45) is 1.83. The maximum absolute atomic E-state index is 12.5. The predicted molar refractivity (Wildman–Crippen MR) is 101 cm³/mol. The summed E-state index contributed by atoms with van der Waals surface area (Å²) < 4.78 is 10.4. The van der Waals surface area contributed by atoms with E-state index in [1.54, 1.807) is 24.5 Å². The first kappa shape index (κ1) is 17.7. The van der Waals surface area contributed by atoms with E-state index in [4.69, 9.17) is 9.15 Å². The third kappa shape index (κ3) is 3.33. The number of ether oxygens (including phenoxy) is 1. The number of furan rings is 1. The maximum atomic E-state index is 12.5. The first-order valence-electron chi connectivity index (χ1n) is 8.35. The fourth-order valence-corrected chi connectivity index (χ4v) is 2.89. The summed E-state index contributed by atoms with van der Waals surface area (Å²) in [5, 5.41) is 3.82. The van der Waals surface area contributed by atoms with Gasteiger partial charge in [-0.15, -0.1) is 0 Å². The molecule has 0 spiro atoms. The van der Waals surface area contributed by atoms with Gasteiger partial charge in [-0.2, -0.15) is 0 Å². The number of methoxy groups -OCH3 is 1. The van der Waals surface area contributed by atoms with Gasteiger partial charge < -0.3 is 14.5 Å². The summed E-state index contributed by atoms with van der Waals surface area (Å²) >= 11 is 0. The van der Waals surface area contributed by atoms with Crippen molar-refractivity contribution in [3.8, 4) is 0 Å². The Morgan fingerprint density at radius 2 is 1.81 bits per heavy atom. The molecule has 0 fully saturated rings. The molecule has 1 heterocycles. The molecule has 0 unspecified atom stereocenters. The van der Waals surface area contributed by atoms with Crippen LogP contribution in [0.2, 0.25) is 0 Å². The number of rotatable bonds is 4. The molecule has 3 rings (SSSR count). The number of nitrogens with one attached hydrogen (secondary N) is 1. The van der Waals surface area contributed by atoms with E-state index in [0.29, 0.717) is 11.3 Å². The van der Waals surface area contributed by atoms with Crippen LogP contribution in [0.15, 0.2) is 41.0 Å². The van der Waals surface area contributed by atoms with E-state index in [1.807, 2.05) is 32.9 Å². The second-order valence-electron chi connectivity index (χ2n) is 6.39. The highest BCUT2D eigenvalue weighted by Gasteiger charge is 2.15. The third-order valence-electron chi connectivity index (χ3n) is 4.63. The van der Waals surface area contributed by atoms with Crippen LogP contribution in [0, 0.1) is 20.8 Å². The Morgan fingerprint density at radius 3 is 2.54 bits per heavy atom. The highest BCUT2D eigenvalue weighted by atomic mass is 16.5. The topological polar surface area (TPSA) is 68.5 Å². The summed E-state index contributed by atoms with van der Waals surface area (Å²) in [6.45, 7) is 5.91. The second-order valence-corrected chi connectivity index (χ2v) is 6.39. The molecular formula is C21H21NO4. The van der Waals surface area contributed by atoms with Gasteiger partial charge in [0.15, 0.2) is 0 Å². The van der Waals surface area contributed by atoms with E-state index >= 15 is 0 Å². The monoisotopic (exact) mass is 351 g/mol. The first-order valence-corrected chi connectivity index (χ1v) is 8.35. The lowest BCUT2D eigenvalue weighted by atomic mass is 10.0. The minimum atomic E-state index is -0.438. The lowest BCUT2D eigenvalue weighted by molar-refractivity contribution is -0.115. The molecule has 0 aliphatic carbocycles. The van der Waals surface area contributed by atoms with Gasteiger partial charge in [0.2, 0.25) is 5.91 Å². The van der Waals surface area contributed by atoms with Gasteiger partial charge in [-0.25, -0.2) is 4.79 Å². The van der Waals surface area contributed by atoms with Crippen LogP contribution in [0.3, 0.4) is 0 Å². The zero-order chi connectivity index (χ0) is 18.8. The van der Waals surface area contributed by atoms with Crippen LogP contribution >= 0.6 is 0 Å².